The van der Waals surface area contributed by atoms with E-state index in [1.165, 1.54) is 37.8 Å². The van der Waals surface area contributed by atoms with E-state index in [2.05, 4.69) is 35.6 Å². The summed E-state index contributed by atoms with van der Waals surface area (Å²) in [5, 5.41) is 3.02. The minimum atomic E-state index is -0.00741. The second kappa shape index (κ2) is 8.40. The van der Waals surface area contributed by atoms with Gasteiger partial charge in [-0.1, -0.05) is 33.1 Å². The van der Waals surface area contributed by atoms with Crippen molar-refractivity contribution in [3.63, 3.8) is 0 Å². The Labute approximate surface area is 169 Å². The third kappa shape index (κ3) is 4.51. The smallest absolute Gasteiger partial charge is 0.224 e. The molecule has 0 aliphatic heterocycles. The van der Waals surface area contributed by atoms with Crippen molar-refractivity contribution in [3.8, 4) is 0 Å². The second-order valence-electron chi connectivity index (χ2n) is 9.82. The van der Waals surface area contributed by atoms with Crippen molar-refractivity contribution in [1.82, 2.24) is 14.8 Å². The molecule has 0 atom stereocenters. The fraction of sp³-hybridized carbons (Fsp3) is 0.739. The van der Waals surface area contributed by atoms with Crippen LogP contribution in [0.5, 0.6) is 0 Å². The monoisotopic (exact) mass is 387 g/mol. The van der Waals surface area contributed by atoms with Crippen LogP contribution in [-0.2, 0) is 17.6 Å². The van der Waals surface area contributed by atoms with Gasteiger partial charge in [0.05, 0.1) is 6.42 Å². The maximum Gasteiger partial charge on any atom is 0.224 e. The van der Waals surface area contributed by atoms with E-state index in [9.17, 15) is 9.59 Å². The largest absolute Gasteiger partial charge is 0.355 e. The Balaban J connectivity index is 1.93. The predicted octanol–water partition coefficient (Wildman–Crippen LogP) is 3.68. The van der Waals surface area contributed by atoms with E-state index in [4.69, 9.17) is 0 Å². The van der Waals surface area contributed by atoms with Crippen LogP contribution in [0.3, 0.4) is 0 Å². The van der Waals surface area contributed by atoms with E-state index >= 15 is 0 Å². The Morgan fingerprint density at radius 3 is 2.50 bits per heavy atom. The lowest BCUT2D eigenvalue weighted by Crippen LogP contribution is -2.33. The van der Waals surface area contributed by atoms with Gasteiger partial charge in [0.2, 0.25) is 5.91 Å². The molecule has 1 N–H and O–H groups in total. The molecule has 0 unspecified atom stereocenters. The maximum absolute atomic E-state index is 13.1. The van der Waals surface area contributed by atoms with Gasteiger partial charge in [0.1, 0.15) is 0 Å². The predicted molar refractivity (Wildman–Crippen MR) is 113 cm³/mol. The van der Waals surface area contributed by atoms with Crippen LogP contribution in [0.1, 0.15) is 85.7 Å². The number of aromatic nitrogens is 1. The lowest BCUT2D eigenvalue weighted by molar-refractivity contribution is -0.120. The molecule has 1 fully saturated rings. The summed E-state index contributed by atoms with van der Waals surface area (Å²) < 4.78 is 2.45. The number of fused-ring (bicyclic) bond motifs is 1. The molecule has 0 saturated heterocycles. The average Bonchev–Trinajstić information content (AvgIpc) is 2.86. The maximum atomic E-state index is 13.1. The number of hydrogen-bond acceptors (Lipinski definition) is 3. The molecule has 1 heterocycles. The van der Waals surface area contributed by atoms with Gasteiger partial charge >= 0.3 is 0 Å². The van der Waals surface area contributed by atoms with E-state index in [1.807, 2.05) is 14.1 Å². The molecule has 2 aliphatic rings. The standard InChI is InChI=1S/C23H37N3O2/c1-16-18(13-21(28)24-11-12-25(4)5)22-19(14-23(2,3)15-20(22)27)26(16)17-9-7-6-8-10-17/h17H,6-15H2,1-5H3,(H,24,28). The quantitative estimate of drug-likeness (QED) is 0.810. The van der Waals surface area contributed by atoms with E-state index in [1.54, 1.807) is 0 Å². The molecule has 0 bridgehead atoms. The van der Waals surface area contributed by atoms with Crippen LogP contribution in [0.4, 0.5) is 0 Å². The Morgan fingerprint density at radius 1 is 1.18 bits per heavy atom. The van der Waals surface area contributed by atoms with Crippen LogP contribution >= 0.6 is 0 Å². The van der Waals surface area contributed by atoms with Crippen LogP contribution in [-0.4, -0.2) is 48.3 Å². The molecule has 28 heavy (non-hydrogen) atoms. The van der Waals surface area contributed by atoms with Gasteiger partial charge in [-0.05, 0) is 51.3 Å². The topological polar surface area (TPSA) is 54.3 Å². The number of carbonyl (C=O) groups excluding carboxylic acids is 2. The molecule has 1 amide bonds. The third-order valence-electron chi connectivity index (χ3n) is 6.40. The van der Waals surface area contributed by atoms with Gasteiger partial charge < -0.3 is 14.8 Å². The van der Waals surface area contributed by atoms with Crippen molar-refractivity contribution < 1.29 is 9.59 Å². The highest BCUT2D eigenvalue weighted by molar-refractivity contribution is 6.01. The molecule has 3 rings (SSSR count). The van der Waals surface area contributed by atoms with Crippen molar-refractivity contribution in [2.45, 2.75) is 78.2 Å². The van der Waals surface area contributed by atoms with E-state index in [0.717, 1.165) is 29.8 Å². The number of carbonyl (C=O) groups is 2. The minimum absolute atomic E-state index is 0.00741. The normalized spacial score (nSPS) is 19.7. The summed E-state index contributed by atoms with van der Waals surface area (Å²) >= 11 is 0. The van der Waals surface area contributed by atoms with Gasteiger partial charge in [0.25, 0.3) is 0 Å². The fourth-order valence-electron chi connectivity index (χ4n) is 5.06. The first kappa shape index (κ1) is 21.1. The van der Waals surface area contributed by atoms with E-state index in [-0.39, 0.29) is 17.1 Å². The molecule has 1 aromatic heterocycles. The average molecular weight is 388 g/mol. The molecule has 0 spiro atoms. The lowest BCUT2D eigenvalue weighted by Gasteiger charge is -2.33. The number of amides is 1. The number of nitrogens with zero attached hydrogens (tertiary/aromatic N) is 2. The number of likely N-dealkylation sites (N-methyl/N-ethyl adjacent to an activating group) is 1. The van der Waals surface area contributed by atoms with Crippen LogP contribution in [0.15, 0.2) is 0 Å². The zero-order valence-electron chi connectivity index (χ0n) is 18.4. The highest BCUT2D eigenvalue weighted by Crippen LogP contribution is 2.42. The zero-order chi connectivity index (χ0) is 20.5. The van der Waals surface area contributed by atoms with E-state index in [0.29, 0.717) is 25.4 Å². The van der Waals surface area contributed by atoms with Crippen molar-refractivity contribution in [1.29, 1.82) is 0 Å². The Morgan fingerprint density at radius 2 is 1.86 bits per heavy atom. The Hall–Kier alpha value is -1.62. The van der Waals surface area contributed by atoms with Gasteiger partial charge in [-0.25, -0.2) is 0 Å². The van der Waals surface area contributed by atoms with Gasteiger partial charge in [-0.2, -0.15) is 0 Å². The summed E-state index contributed by atoms with van der Waals surface area (Å²) in [5.41, 5.74) is 4.17. The van der Waals surface area contributed by atoms with Crippen molar-refractivity contribution in [2.75, 3.05) is 27.2 Å². The molecule has 2 aliphatic carbocycles. The SMILES string of the molecule is Cc1c(CC(=O)NCCN(C)C)c2c(n1C1CCCCC1)CC(C)(C)CC2=O. The second-order valence-corrected chi connectivity index (χ2v) is 9.82. The van der Waals surface area contributed by atoms with Crippen molar-refractivity contribution >= 4 is 11.7 Å². The first-order chi connectivity index (χ1) is 13.2. The van der Waals surface area contributed by atoms with Crippen LogP contribution < -0.4 is 5.32 Å². The lowest BCUT2D eigenvalue weighted by atomic mass is 9.75. The highest BCUT2D eigenvalue weighted by Gasteiger charge is 2.38. The molecule has 0 radical (unpaired) electrons. The number of ketones is 1. The van der Waals surface area contributed by atoms with Crippen LogP contribution in [0.2, 0.25) is 0 Å². The van der Waals surface area contributed by atoms with Gasteiger partial charge in [0.15, 0.2) is 5.78 Å². The molecule has 5 nitrogen and oxygen atoms in total. The zero-order valence-corrected chi connectivity index (χ0v) is 18.4. The first-order valence-electron chi connectivity index (χ1n) is 10.9. The number of Topliss-reactive ketones (excluding diaryl/α,β-unsaturated/α-hetero) is 1. The summed E-state index contributed by atoms with van der Waals surface area (Å²) in [6.45, 7) is 7.95. The summed E-state index contributed by atoms with van der Waals surface area (Å²) in [7, 11) is 3.99. The first-order valence-corrected chi connectivity index (χ1v) is 10.9. The number of rotatable bonds is 6. The van der Waals surface area contributed by atoms with Crippen LogP contribution in [0, 0.1) is 12.3 Å². The number of hydrogen-bond donors (Lipinski definition) is 1. The molecule has 156 valence electrons. The molecular weight excluding hydrogens is 350 g/mol. The fourth-order valence-corrected chi connectivity index (χ4v) is 5.06. The Kier molecular flexibility index (Phi) is 6.33. The summed E-state index contributed by atoms with van der Waals surface area (Å²) in [6, 6.07) is 0.481. The van der Waals surface area contributed by atoms with Gasteiger partial charge in [0, 0.05) is 42.5 Å². The van der Waals surface area contributed by atoms with Crippen molar-refractivity contribution in [2.24, 2.45) is 5.41 Å². The molecule has 0 aromatic carbocycles. The number of nitrogens with one attached hydrogen (secondary N) is 1. The summed E-state index contributed by atoms with van der Waals surface area (Å²) in [6.07, 6.45) is 8.01. The summed E-state index contributed by atoms with van der Waals surface area (Å²) in [4.78, 5) is 27.8. The Bertz CT molecular complexity index is 740. The van der Waals surface area contributed by atoms with Gasteiger partial charge in [-0.15, -0.1) is 0 Å². The summed E-state index contributed by atoms with van der Waals surface area (Å²) in [5.74, 6) is 0.242. The molecule has 5 heteroatoms. The minimum Gasteiger partial charge on any atom is -0.355 e. The van der Waals surface area contributed by atoms with Crippen molar-refractivity contribution in [3.05, 3.63) is 22.5 Å². The van der Waals surface area contributed by atoms with Crippen LogP contribution in [0.25, 0.3) is 0 Å². The molecule has 1 aromatic rings. The molecular formula is C23H37N3O2. The molecule has 1 saturated carbocycles. The third-order valence-corrected chi connectivity index (χ3v) is 6.40. The highest BCUT2D eigenvalue weighted by atomic mass is 16.1. The van der Waals surface area contributed by atoms with E-state index < -0.39 is 0 Å². The van der Waals surface area contributed by atoms with Gasteiger partial charge in [-0.3, -0.25) is 9.59 Å².